The topological polar surface area (TPSA) is 75.3 Å². The van der Waals surface area contributed by atoms with Gasteiger partial charge in [0.2, 0.25) is 10.0 Å². The van der Waals surface area contributed by atoms with Gasteiger partial charge in [0.1, 0.15) is 4.90 Å². The Labute approximate surface area is 120 Å². The highest BCUT2D eigenvalue weighted by Crippen LogP contribution is 2.22. The van der Waals surface area contributed by atoms with Crippen LogP contribution in [0.2, 0.25) is 0 Å². The largest absolute Gasteiger partial charge is 0.378 e. The molecule has 1 N–H and O–H groups in total. The van der Waals surface area contributed by atoms with Crippen LogP contribution in [0, 0.1) is 13.8 Å². The zero-order chi connectivity index (χ0) is 14.8. The van der Waals surface area contributed by atoms with E-state index in [0.29, 0.717) is 22.8 Å². The minimum atomic E-state index is -3.47. The van der Waals surface area contributed by atoms with Crippen LogP contribution >= 0.6 is 0 Å². The number of aromatic amines is 1. The second-order valence-electron chi connectivity index (χ2n) is 5.37. The summed E-state index contributed by atoms with van der Waals surface area (Å²) in [5.74, 6) is 0. The molecule has 0 radical (unpaired) electrons. The van der Waals surface area contributed by atoms with Crippen LogP contribution in [0.25, 0.3) is 0 Å². The second-order valence-corrected chi connectivity index (χ2v) is 7.35. The highest BCUT2D eigenvalue weighted by molar-refractivity contribution is 7.89. The Morgan fingerprint density at radius 2 is 2.15 bits per heavy atom. The van der Waals surface area contributed by atoms with Crippen molar-refractivity contribution < 1.29 is 13.2 Å². The van der Waals surface area contributed by atoms with E-state index in [9.17, 15) is 8.42 Å². The Balaban J connectivity index is 2.02. The number of hydrogen-bond donors (Lipinski definition) is 1. The van der Waals surface area contributed by atoms with Crippen molar-refractivity contribution in [1.29, 1.82) is 0 Å². The summed E-state index contributed by atoms with van der Waals surface area (Å²) in [6, 6.07) is 0. The van der Waals surface area contributed by atoms with E-state index in [-0.39, 0.29) is 6.10 Å². The second kappa shape index (κ2) is 6.24. The first-order valence-corrected chi connectivity index (χ1v) is 8.46. The molecule has 0 amide bonds. The molecular weight excluding hydrogens is 278 g/mol. The van der Waals surface area contributed by atoms with Crippen molar-refractivity contribution in [2.24, 2.45) is 0 Å². The molecule has 2 rings (SSSR count). The number of ether oxygens (including phenoxy) is 1. The van der Waals surface area contributed by atoms with E-state index < -0.39 is 10.0 Å². The van der Waals surface area contributed by atoms with Crippen molar-refractivity contribution in [3.05, 3.63) is 11.4 Å². The highest BCUT2D eigenvalue weighted by Gasteiger charge is 2.27. The van der Waals surface area contributed by atoms with Gasteiger partial charge in [0.05, 0.1) is 17.5 Å². The molecule has 1 atom stereocenters. The van der Waals surface area contributed by atoms with Crippen LogP contribution in [0.3, 0.4) is 0 Å². The number of aryl methyl sites for hydroxylation is 2. The minimum Gasteiger partial charge on any atom is -0.378 e. The number of nitrogens with zero attached hydrogens (tertiary/aromatic N) is 2. The first-order valence-electron chi connectivity index (χ1n) is 7.02. The van der Waals surface area contributed by atoms with Gasteiger partial charge in [-0.25, -0.2) is 12.7 Å². The number of hydrogen-bond acceptors (Lipinski definition) is 4. The number of aromatic nitrogens is 2. The molecule has 0 aromatic carbocycles. The lowest BCUT2D eigenvalue weighted by atomic mass is 10.1. The minimum absolute atomic E-state index is 0.188. The zero-order valence-electron chi connectivity index (χ0n) is 12.3. The monoisotopic (exact) mass is 301 g/mol. The van der Waals surface area contributed by atoms with Crippen LogP contribution in [-0.2, 0) is 14.8 Å². The van der Waals surface area contributed by atoms with Crippen molar-refractivity contribution in [3.8, 4) is 0 Å². The molecule has 1 aromatic rings. The van der Waals surface area contributed by atoms with Crippen LogP contribution in [-0.4, -0.2) is 49.2 Å². The van der Waals surface area contributed by atoms with Crippen LogP contribution in [0.4, 0.5) is 0 Å². The van der Waals surface area contributed by atoms with Gasteiger partial charge in [-0.05, 0) is 39.5 Å². The first-order chi connectivity index (χ1) is 9.43. The molecule has 1 fully saturated rings. The Morgan fingerprint density at radius 1 is 1.40 bits per heavy atom. The lowest BCUT2D eigenvalue weighted by Gasteiger charge is -2.25. The smallest absolute Gasteiger partial charge is 0.246 e. The van der Waals surface area contributed by atoms with Gasteiger partial charge in [-0.1, -0.05) is 0 Å². The predicted octanol–water partition coefficient (Wildman–Crippen LogP) is 1.61. The van der Waals surface area contributed by atoms with Crippen molar-refractivity contribution in [2.75, 3.05) is 20.2 Å². The van der Waals surface area contributed by atoms with Crippen molar-refractivity contribution in [1.82, 2.24) is 14.5 Å². The zero-order valence-corrected chi connectivity index (χ0v) is 13.2. The van der Waals surface area contributed by atoms with Crippen molar-refractivity contribution in [3.63, 3.8) is 0 Å². The molecule has 2 heterocycles. The molecule has 0 saturated carbocycles. The van der Waals surface area contributed by atoms with Gasteiger partial charge in [-0.2, -0.15) is 5.10 Å². The summed E-state index contributed by atoms with van der Waals surface area (Å²) < 4.78 is 32.1. The molecular formula is C13H23N3O3S. The Hall–Kier alpha value is -0.920. The van der Waals surface area contributed by atoms with Gasteiger partial charge in [-0.3, -0.25) is 5.10 Å². The number of sulfonamides is 1. The normalized spacial score (nSPS) is 20.5. The summed E-state index contributed by atoms with van der Waals surface area (Å²) in [5.41, 5.74) is 1.10. The third-order valence-electron chi connectivity index (χ3n) is 3.77. The predicted molar refractivity (Wildman–Crippen MR) is 76.1 cm³/mol. The quantitative estimate of drug-likeness (QED) is 0.896. The average molecular weight is 301 g/mol. The van der Waals surface area contributed by atoms with Crippen LogP contribution < -0.4 is 0 Å². The third-order valence-corrected chi connectivity index (χ3v) is 5.89. The maximum absolute atomic E-state index is 12.5. The molecule has 0 aliphatic carbocycles. The highest BCUT2D eigenvalue weighted by atomic mass is 32.2. The molecule has 0 bridgehead atoms. The molecule has 1 saturated heterocycles. The van der Waals surface area contributed by atoms with E-state index in [4.69, 9.17) is 4.74 Å². The fraction of sp³-hybridized carbons (Fsp3) is 0.769. The Kier molecular flexibility index (Phi) is 4.82. The lowest BCUT2D eigenvalue weighted by Crippen LogP contribution is -2.32. The number of rotatable bonds is 5. The van der Waals surface area contributed by atoms with Gasteiger partial charge < -0.3 is 4.74 Å². The summed E-state index contributed by atoms with van der Waals surface area (Å²) in [4.78, 5) is 0.296. The summed E-state index contributed by atoms with van der Waals surface area (Å²) in [5, 5.41) is 6.68. The van der Waals surface area contributed by atoms with Crippen molar-refractivity contribution in [2.45, 2.75) is 50.5 Å². The number of nitrogens with one attached hydrogen (secondary N) is 1. The van der Waals surface area contributed by atoms with Gasteiger partial charge in [-0.15, -0.1) is 0 Å². The van der Waals surface area contributed by atoms with Crippen LogP contribution in [0.1, 0.15) is 37.1 Å². The first kappa shape index (κ1) is 15.5. The van der Waals surface area contributed by atoms with Crippen LogP contribution in [0.5, 0.6) is 0 Å². The summed E-state index contributed by atoms with van der Waals surface area (Å²) in [7, 11) is -1.86. The fourth-order valence-electron chi connectivity index (χ4n) is 2.56. The van der Waals surface area contributed by atoms with Gasteiger partial charge in [0.25, 0.3) is 0 Å². The van der Waals surface area contributed by atoms with Crippen molar-refractivity contribution >= 4 is 10.0 Å². The average Bonchev–Trinajstić information content (AvgIpc) is 2.77. The maximum Gasteiger partial charge on any atom is 0.246 e. The van der Waals surface area contributed by atoms with E-state index in [1.807, 2.05) is 0 Å². The van der Waals surface area contributed by atoms with E-state index in [2.05, 4.69) is 10.2 Å². The van der Waals surface area contributed by atoms with E-state index in [1.165, 1.54) is 10.7 Å². The molecule has 7 heteroatoms. The third kappa shape index (κ3) is 3.21. The molecule has 0 spiro atoms. The lowest BCUT2D eigenvalue weighted by molar-refractivity contribution is 0.00950. The molecule has 1 aliphatic heterocycles. The summed E-state index contributed by atoms with van der Waals surface area (Å²) in [6.45, 7) is 4.69. The summed E-state index contributed by atoms with van der Waals surface area (Å²) >= 11 is 0. The van der Waals surface area contributed by atoms with E-state index in [1.54, 1.807) is 20.9 Å². The molecule has 1 aliphatic rings. The number of H-pyrrole nitrogens is 1. The summed E-state index contributed by atoms with van der Waals surface area (Å²) in [6.07, 6.45) is 4.23. The maximum atomic E-state index is 12.5. The van der Waals surface area contributed by atoms with Gasteiger partial charge >= 0.3 is 0 Å². The van der Waals surface area contributed by atoms with E-state index >= 15 is 0 Å². The molecule has 1 unspecified atom stereocenters. The molecule has 114 valence electrons. The SMILES string of the molecule is Cc1n[nH]c(C)c1S(=O)(=O)N(C)CCC1CCCCO1. The molecule has 1 aromatic heterocycles. The fourth-order valence-corrected chi connectivity index (χ4v) is 4.07. The van der Waals surface area contributed by atoms with Crippen LogP contribution in [0.15, 0.2) is 4.90 Å². The van der Waals surface area contributed by atoms with Gasteiger partial charge in [0.15, 0.2) is 0 Å². The standard InChI is InChI=1S/C13H23N3O3S/c1-10-13(11(2)15-14-10)20(17,18)16(3)8-7-12-6-4-5-9-19-12/h12H,4-9H2,1-3H3,(H,14,15). The van der Waals surface area contributed by atoms with E-state index in [0.717, 1.165) is 25.9 Å². The van der Waals surface area contributed by atoms with Gasteiger partial charge in [0, 0.05) is 20.2 Å². The molecule has 6 nitrogen and oxygen atoms in total. The Morgan fingerprint density at radius 3 is 2.70 bits per heavy atom. The molecule has 20 heavy (non-hydrogen) atoms. The Bertz CT molecular complexity index is 528.